The summed E-state index contributed by atoms with van der Waals surface area (Å²) < 4.78 is 0. The molecule has 0 aliphatic heterocycles. The topological polar surface area (TPSA) is 37.3 Å². The number of carbonyl (C=O) groups is 1. The zero-order valence-corrected chi connectivity index (χ0v) is 6.81. The van der Waals surface area contributed by atoms with Gasteiger partial charge in [-0.25, -0.2) is 0 Å². The number of carboxylic acids is 1. The molecule has 0 saturated heterocycles. The van der Waals surface area contributed by atoms with Gasteiger partial charge in [-0.15, -0.1) is 0 Å². The Morgan fingerprint density at radius 1 is 1.78 bits per heavy atom. The van der Waals surface area contributed by atoms with Gasteiger partial charge in [-0.1, -0.05) is 22.9 Å². The van der Waals surface area contributed by atoms with E-state index < -0.39 is 11.4 Å². The van der Waals surface area contributed by atoms with Gasteiger partial charge in [-0.3, -0.25) is 4.79 Å². The van der Waals surface area contributed by atoms with Gasteiger partial charge in [0.1, 0.15) is 0 Å². The van der Waals surface area contributed by atoms with E-state index in [0.717, 1.165) is 12.8 Å². The van der Waals surface area contributed by atoms with Crippen molar-refractivity contribution in [3.8, 4) is 0 Å². The third-order valence-electron chi connectivity index (χ3n) is 1.98. The maximum absolute atomic E-state index is 10.5. The van der Waals surface area contributed by atoms with E-state index in [-0.39, 0.29) is 4.83 Å². The molecule has 0 aromatic rings. The van der Waals surface area contributed by atoms with Gasteiger partial charge in [-0.2, -0.15) is 0 Å². The fourth-order valence-corrected chi connectivity index (χ4v) is 1.57. The second-order valence-electron chi connectivity index (χ2n) is 2.58. The van der Waals surface area contributed by atoms with E-state index in [1.165, 1.54) is 0 Å². The molecule has 3 heteroatoms. The molecular formula is C6H9BrO2. The Labute approximate surface area is 62.4 Å². The van der Waals surface area contributed by atoms with Gasteiger partial charge in [-0.05, 0) is 12.8 Å². The van der Waals surface area contributed by atoms with Crippen LogP contribution in [-0.2, 0) is 4.79 Å². The van der Waals surface area contributed by atoms with Crippen molar-refractivity contribution >= 4 is 21.9 Å². The smallest absolute Gasteiger partial charge is 0.310 e. The van der Waals surface area contributed by atoms with Gasteiger partial charge in [0.25, 0.3) is 0 Å². The largest absolute Gasteiger partial charge is 0.481 e. The minimum Gasteiger partial charge on any atom is -0.481 e. The second-order valence-corrected chi connectivity index (χ2v) is 3.95. The van der Waals surface area contributed by atoms with E-state index in [4.69, 9.17) is 5.11 Å². The number of alkyl halides is 1. The molecule has 0 amide bonds. The third kappa shape index (κ3) is 0.980. The summed E-state index contributed by atoms with van der Waals surface area (Å²) in [6.45, 7) is 1.89. The number of carboxylic acid groups (broad SMARTS) is 1. The zero-order chi connectivity index (χ0) is 7.07. The van der Waals surface area contributed by atoms with Crippen molar-refractivity contribution in [3.63, 3.8) is 0 Å². The molecule has 0 radical (unpaired) electrons. The molecule has 0 aromatic heterocycles. The Hall–Kier alpha value is -0.0500. The van der Waals surface area contributed by atoms with Crippen molar-refractivity contribution in [2.24, 2.45) is 5.41 Å². The lowest BCUT2D eigenvalue weighted by molar-refractivity contribution is -0.143. The average Bonchev–Trinajstić information content (AvgIpc) is 2.40. The molecule has 0 bridgehead atoms. The van der Waals surface area contributed by atoms with Crippen molar-refractivity contribution in [1.82, 2.24) is 0 Å². The predicted molar refractivity (Wildman–Crippen MR) is 37.7 cm³/mol. The van der Waals surface area contributed by atoms with Gasteiger partial charge < -0.3 is 5.11 Å². The van der Waals surface area contributed by atoms with Crippen molar-refractivity contribution < 1.29 is 9.90 Å². The molecule has 1 saturated carbocycles. The van der Waals surface area contributed by atoms with Crippen molar-refractivity contribution in [1.29, 1.82) is 0 Å². The molecule has 0 aromatic carbocycles. The Bertz CT molecular complexity index is 138. The first-order valence-corrected chi connectivity index (χ1v) is 3.88. The highest BCUT2D eigenvalue weighted by Crippen LogP contribution is 2.51. The van der Waals surface area contributed by atoms with E-state index in [1.807, 2.05) is 6.92 Å². The van der Waals surface area contributed by atoms with Crippen LogP contribution in [-0.4, -0.2) is 15.9 Å². The quantitative estimate of drug-likeness (QED) is 0.676. The summed E-state index contributed by atoms with van der Waals surface area (Å²) in [6.07, 6.45) is 1.66. The van der Waals surface area contributed by atoms with Crippen LogP contribution in [0.2, 0.25) is 0 Å². The molecule has 2 nitrogen and oxygen atoms in total. The Morgan fingerprint density at radius 3 is 2.22 bits per heavy atom. The minimum atomic E-state index is -0.660. The minimum absolute atomic E-state index is 0.113. The Balaban J connectivity index is 2.63. The lowest BCUT2D eigenvalue weighted by atomic mass is 10.1. The van der Waals surface area contributed by atoms with Crippen molar-refractivity contribution in [3.05, 3.63) is 0 Å². The molecule has 1 aliphatic rings. The van der Waals surface area contributed by atoms with Crippen LogP contribution in [0, 0.1) is 5.41 Å². The normalized spacial score (nSPS) is 25.1. The van der Waals surface area contributed by atoms with Crippen LogP contribution in [0.1, 0.15) is 19.8 Å². The summed E-state index contributed by atoms with van der Waals surface area (Å²) in [4.78, 5) is 10.6. The molecule has 0 spiro atoms. The molecule has 0 heterocycles. The summed E-state index contributed by atoms with van der Waals surface area (Å²) in [5, 5.41) is 8.64. The van der Waals surface area contributed by atoms with E-state index in [9.17, 15) is 4.79 Å². The van der Waals surface area contributed by atoms with Crippen LogP contribution in [0.5, 0.6) is 0 Å². The number of rotatable bonds is 2. The fourth-order valence-electron chi connectivity index (χ4n) is 0.916. The number of halogens is 1. The summed E-state index contributed by atoms with van der Waals surface area (Å²) in [5.74, 6) is -0.660. The summed E-state index contributed by atoms with van der Waals surface area (Å²) >= 11 is 3.28. The molecule has 1 atom stereocenters. The fraction of sp³-hybridized carbons (Fsp3) is 0.833. The van der Waals surface area contributed by atoms with Crippen LogP contribution >= 0.6 is 15.9 Å². The highest BCUT2D eigenvalue weighted by Gasteiger charge is 2.53. The summed E-state index contributed by atoms with van der Waals surface area (Å²) in [7, 11) is 0. The molecular weight excluding hydrogens is 184 g/mol. The van der Waals surface area contributed by atoms with E-state index >= 15 is 0 Å². The van der Waals surface area contributed by atoms with Crippen LogP contribution < -0.4 is 0 Å². The van der Waals surface area contributed by atoms with Gasteiger partial charge in [0.05, 0.1) is 5.41 Å². The lowest BCUT2D eigenvalue weighted by Crippen LogP contribution is -2.22. The lowest BCUT2D eigenvalue weighted by Gasteiger charge is -2.10. The molecule has 1 fully saturated rings. The number of hydrogen-bond donors (Lipinski definition) is 1. The van der Waals surface area contributed by atoms with Gasteiger partial charge in [0.15, 0.2) is 0 Å². The molecule has 1 rings (SSSR count). The SMILES string of the molecule is CC(Br)C1(C(=O)O)CC1. The van der Waals surface area contributed by atoms with Gasteiger partial charge >= 0.3 is 5.97 Å². The Kier molecular flexibility index (Phi) is 1.55. The first-order chi connectivity index (χ1) is 4.09. The standard InChI is InChI=1S/C6H9BrO2/c1-4(7)6(2-3-6)5(8)9/h4H,2-3H2,1H3,(H,8,9). The summed E-state index contributed by atoms with van der Waals surface area (Å²) in [5.41, 5.74) is -0.417. The van der Waals surface area contributed by atoms with Crippen molar-refractivity contribution in [2.75, 3.05) is 0 Å². The summed E-state index contributed by atoms with van der Waals surface area (Å²) in [6, 6.07) is 0. The van der Waals surface area contributed by atoms with E-state index in [0.29, 0.717) is 0 Å². The molecule has 52 valence electrons. The number of hydrogen-bond acceptors (Lipinski definition) is 1. The highest BCUT2D eigenvalue weighted by molar-refractivity contribution is 9.09. The highest BCUT2D eigenvalue weighted by atomic mass is 79.9. The van der Waals surface area contributed by atoms with Gasteiger partial charge in [0, 0.05) is 4.83 Å². The molecule has 1 unspecified atom stereocenters. The molecule has 1 aliphatic carbocycles. The van der Waals surface area contributed by atoms with E-state index in [1.54, 1.807) is 0 Å². The maximum Gasteiger partial charge on any atom is 0.310 e. The van der Waals surface area contributed by atoms with E-state index in [2.05, 4.69) is 15.9 Å². The van der Waals surface area contributed by atoms with Gasteiger partial charge in [0.2, 0.25) is 0 Å². The van der Waals surface area contributed by atoms with Crippen LogP contribution in [0.25, 0.3) is 0 Å². The van der Waals surface area contributed by atoms with Crippen LogP contribution in [0.4, 0.5) is 0 Å². The first kappa shape index (κ1) is 7.06. The second kappa shape index (κ2) is 1.97. The van der Waals surface area contributed by atoms with Crippen LogP contribution in [0.15, 0.2) is 0 Å². The van der Waals surface area contributed by atoms with Crippen LogP contribution in [0.3, 0.4) is 0 Å². The zero-order valence-electron chi connectivity index (χ0n) is 5.22. The van der Waals surface area contributed by atoms with Crippen molar-refractivity contribution in [2.45, 2.75) is 24.6 Å². The average molecular weight is 193 g/mol. The third-order valence-corrected chi connectivity index (χ3v) is 2.85. The predicted octanol–water partition coefficient (Wildman–Crippen LogP) is 1.63. The maximum atomic E-state index is 10.5. The molecule has 1 N–H and O–H groups in total. The Morgan fingerprint density at radius 2 is 2.22 bits per heavy atom. The number of aliphatic carboxylic acids is 1. The monoisotopic (exact) mass is 192 g/mol. The molecule has 9 heavy (non-hydrogen) atoms. The first-order valence-electron chi connectivity index (χ1n) is 2.97.